The van der Waals surface area contributed by atoms with E-state index in [1.807, 2.05) is 19.1 Å². The lowest BCUT2D eigenvalue weighted by molar-refractivity contribution is 0.0955. The van der Waals surface area contributed by atoms with Gasteiger partial charge in [0.25, 0.3) is 5.91 Å². The van der Waals surface area contributed by atoms with Gasteiger partial charge in [0.2, 0.25) is 0 Å². The lowest BCUT2D eigenvalue weighted by atomic mass is 10.1. The molecule has 2 aromatic rings. The van der Waals surface area contributed by atoms with Crippen molar-refractivity contribution in [2.75, 3.05) is 7.11 Å². The number of aryl methyl sites for hydroxylation is 1. The molecule has 0 heterocycles. The van der Waals surface area contributed by atoms with Gasteiger partial charge < -0.3 is 9.84 Å². The second-order valence-electron chi connectivity index (χ2n) is 4.62. The summed E-state index contributed by atoms with van der Waals surface area (Å²) >= 11 is 5.87. The Morgan fingerprint density at radius 3 is 2.64 bits per heavy atom. The fourth-order valence-electron chi connectivity index (χ4n) is 1.76. The minimum atomic E-state index is -0.312. The van der Waals surface area contributed by atoms with E-state index in [9.17, 15) is 9.90 Å². The number of hydrazone groups is 1. The highest BCUT2D eigenvalue weighted by Crippen LogP contribution is 2.34. The molecule has 0 radical (unpaired) electrons. The van der Waals surface area contributed by atoms with Crippen LogP contribution in [0.4, 0.5) is 0 Å². The molecule has 114 valence electrons. The molecule has 0 aliphatic heterocycles. The summed E-state index contributed by atoms with van der Waals surface area (Å²) in [6, 6.07) is 10.2. The number of rotatable bonds is 4. The molecule has 2 aromatic carbocycles. The number of halogens is 1. The van der Waals surface area contributed by atoms with E-state index >= 15 is 0 Å². The Morgan fingerprint density at radius 1 is 1.32 bits per heavy atom. The van der Waals surface area contributed by atoms with E-state index in [2.05, 4.69) is 10.5 Å². The van der Waals surface area contributed by atoms with Crippen LogP contribution in [0.5, 0.6) is 11.5 Å². The molecule has 0 spiro atoms. The molecule has 1 amide bonds. The van der Waals surface area contributed by atoms with Crippen LogP contribution in [0.25, 0.3) is 0 Å². The first-order valence-electron chi connectivity index (χ1n) is 6.48. The summed E-state index contributed by atoms with van der Waals surface area (Å²) in [5.74, 6) is -0.211. The van der Waals surface area contributed by atoms with E-state index in [4.69, 9.17) is 16.3 Å². The number of phenols is 1. The molecular weight excluding hydrogens is 304 g/mol. The zero-order valence-corrected chi connectivity index (χ0v) is 12.9. The Labute approximate surface area is 133 Å². The van der Waals surface area contributed by atoms with E-state index in [0.29, 0.717) is 11.1 Å². The second-order valence-corrected chi connectivity index (χ2v) is 5.03. The zero-order chi connectivity index (χ0) is 16.1. The molecule has 0 atom stereocenters. The van der Waals surface area contributed by atoms with E-state index in [1.165, 1.54) is 19.4 Å². The minimum Gasteiger partial charge on any atom is -0.503 e. The maximum absolute atomic E-state index is 11.9. The molecule has 5 nitrogen and oxygen atoms in total. The van der Waals surface area contributed by atoms with Crippen LogP contribution in [0, 0.1) is 6.92 Å². The predicted octanol–water partition coefficient (Wildman–Crippen LogP) is 3.13. The van der Waals surface area contributed by atoms with Crippen LogP contribution in [-0.2, 0) is 0 Å². The first-order valence-corrected chi connectivity index (χ1v) is 6.85. The van der Waals surface area contributed by atoms with Crippen molar-refractivity contribution in [2.24, 2.45) is 5.10 Å². The quantitative estimate of drug-likeness (QED) is 0.672. The molecule has 0 aliphatic rings. The molecule has 6 heteroatoms. The maximum atomic E-state index is 11.9. The van der Waals surface area contributed by atoms with Crippen molar-refractivity contribution < 1.29 is 14.6 Å². The van der Waals surface area contributed by atoms with Gasteiger partial charge >= 0.3 is 0 Å². The lowest BCUT2D eigenvalue weighted by Gasteiger charge is -2.06. The van der Waals surface area contributed by atoms with Crippen LogP contribution in [-0.4, -0.2) is 24.3 Å². The summed E-state index contributed by atoms with van der Waals surface area (Å²) in [5.41, 5.74) is 4.60. The van der Waals surface area contributed by atoms with Crippen LogP contribution >= 0.6 is 11.6 Å². The number of benzene rings is 2. The van der Waals surface area contributed by atoms with Crippen molar-refractivity contribution in [3.8, 4) is 11.5 Å². The highest BCUT2D eigenvalue weighted by molar-refractivity contribution is 6.32. The first-order chi connectivity index (χ1) is 10.5. The summed E-state index contributed by atoms with van der Waals surface area (Å²) in [6.07, 6.45) is 1.42. The van der Waals surface area contributed by atoms with E-state index in [-0.39, 0.29) is 22.4 Å². The number of aromatic hydroxyl groups is 1. The molecule has 0 unspecified atom stereocenters. The van der Waals surface area contributed by atoms with Gasteiger partial charge in [-0.25, -0.2) is 5.43 Å². The van der Waals surface area contributed by atoms with Gasteiger partial charge in [-0.3, -0.25) is 4.79 Å². The molecule has 0 aromatic heterocycles. The monoisotopic (exact) mass is 318 g/mol. The fraction of sp³-hybridized carbons (Fsp3) is 0.125. The van der Waals surface area contributed by atoms with Crippen LogP contribution in [0.3, 0.4) is 0 Å². The third kappa shape index (κ3) is 3.77. The van der Waals surface area contributed by atoms with Gasteiger partial charge in [0, 0.05) is 5.56 Å². The third-order valence-electron chi connectivity index (χ3n) is 2.96. The normalized spacial score (nSPS) is 10.7. The van der Waals surface area contributed by atoms with Crippen molar-refractivity contribution in [3.63, 3.8) is 0 Å². The first kappa shape index (κ1) is 15.9. The summed E-state index contributed by atoms with van der Waals surface area (Å²) in [5, 5.41) is 13.6. The second kappa shape index (κ2) is 6.95. The van der Waals surface area contributed by atoms with Crippen molar-refractivity contribution >= 4 is 23.7 Å². The Morgan fingerprint density at radius 2 is 2.00 bits per heavy atom. The summed E-state index contributed by atoms with van der Waals surface area (Å²) in [6.45, 7) is 1.95. The average molecular weight is 319 g/mol. The predicted molar refractivity (Wildman–Crippen MR) is 85.9 cm³/mol. The zero-order valence-electron chi connectivity index (χ0n) is 12.1. The van der Waals surface area contributed by atoms with Gasteiger partial charge in [-0.15, -0.1) is 0 Å². The number of carbonyl (C=O) groups is 1. The van der Waals surface area contributed by atoms with Crippen LogP contribution in [0.15, 0.2) is 41.5 Å². The Hall–Kier alpha value is -2.53. The molecule has 0 bridgehead atoms. The topological polar surface area (TPSA) is 70.9 Å². The van der Waals surface area contributed by atoms with Gasteiger partial charge in [-0.1, -0.05) is 29.3 Å². The summed E-state index contributed by atoms with van der Waals surface area (Å²) in [7, 11) is 1.42. The third-order valence-corrected chi connectivity index (χ3v) is 3.25. The summed E-state index contributed by atoms with van der Waals surface area (Å²) < 4.78 is 4.99. The largest absolute Gasteiger partial charge is 0.503 e. The average Bonchev–Trinajstić information content (AvgIpc) is 2.51. The van der Waals surface area contributed by atoms with Crippen molar-refractivity contribution in [1.82, 2.24) is 5.43 Å². The standard InChI is InChI=1S/C16H15ClN2O3/c1-10-3-5-12(6-4-10)16(21)19-18-9-11-7-13(17)15(20)14(8-11)22-2/h3-9,20H,1-2H3,(H,19,21)/b18-9-. The number of carbonyl (C=O) groups excluding carboxylic acids is 1. The minimum absolute atomic E-state index is 0.134. The van der Waals surface area contributed by atoms with E-state index < -0.39 is 0 Å². The molecule has 0 fully saturated rings. The van der Waals surface area contributed by atoms with Crippen LogP contribution < -0.4 is 10.2 Å². The number of ether oxygens (including phenoxy) is 1. The SMILES string of the molecule is COc1cc(/C=N\NC(=O)c2ccc(C)cc2)cc(Cl)c1O. The molecule has 0 saturated heterocycles. The number of hydrogen-bond donors (Lipinski definition) is 2. The molecule has 0 saturated carbocycles. The van der Waals surface area contributed by atoms with Gasteiger partial charge in [0.15, 0.2) is 11.5 Å². The molecule has 22 heavy (non-hydrogen) atoms. The van der Waals surface area contributed by atoms with Crippen molar-refractivity contribution in [3.05, 3.63) is 58.1 Å². The Kier molecular flexibility index (Phi) is 5.01. The summed E-state index contributed by atoms with van der Waals surface area (Å²) in [4.78, 5) is 11.9. The van der Waals surface area contributed by atoms with Gasteiger partial charge in [-0.2, -0.15) is 5.10 Å². The van der Waals surface area contributed by atoms with Gasteiger partial charge in [-0.05, 0) is 36.8 Å². The molecular formula is C16H15ClN2O3. The van der Waals surface area contributed by atoms with Crippen LogP contribution in [0.1, 0.15) is 21.5 Å². The van der Waals surface area contributed by atoms with E-state index in [1.54, 1.807) is 18.2 Å². The number of methoxy groups -OCH3 is 1. The highest BCUT2D eigenvalue weighted by atomic mass is 35.5. The lowest BCUT2D eigenvalue weighted by Crippen LogP contribution is -2.17. The fourth-order valence-corrected chi connectivity index (χ4v) is 1.98. The Balaban J connectivity index is 2.08. The number of hydrogen-bond acceptors (Lipinski definition) is 4. The molecule has 0 aliphatic carbocycles. The molecule has 2 rings (SSSR count). The van der Waals surface area contributed by atoms with Gasteiger partial charge in [0.05, 0.1) is 18.3 Å². The number of nitrogens with zero attached hydrogens (tertiary/aromatic N) is 1. The maximum Gasteiger partial charge on any atom is 0.271 e. The smallest absolute Gasteiger partial charge is 0.271 e. The Bertz CT molecular complexity index is 712. The van der Waals surface area contributed by atoms with E-state index in [0.717, 1.165) is 5.56 Å². The highest BCUT2D eigenvalue weighted by Gasteiger charge is 2.08. The number of phenolic OH excluding ortho intramolecular Hbond substituents is 1. The molecule has 2 N–H and O–H groups in total. The number of nitrogens with one attached hydrogen (secondary N) is 1. The van der Waals surface area contributed by atoms with Crippen molar-refractivity contribution in [1.29, 1.82) is 0 Å². The number of amides is 1. The van der Waals surface area contributed by atoms with Crippen molar-refractivity contribution in [2.45, 2.75) is 6.92 Å². The van der Waals surface area contributed by atoms with Crippen LogP contribution in [0.2, 0.25) is 5.02 Å². The van der Waals surface area contributed by atoms with Gasteiger partial charge in [0.1, 0.15) is 0 Å².